The van der Waals surface area contributed by atoms with Gasteiger partial charge in [-0.2, -0.15) is 0 Å². The molecule has 0 unspecified atom stereocenters. The van der Waals surface area contributed by atoms with E-state index in [1.807, 2.05) is 0 Å². The molecule has 0 saturated carbocycles. The van der Waals surface area contributed by atoms with Crippen molar-refractivity contribution in [3.05, 3.63) is 52.2 Å². The van der Waals surface area contributed by atoms with Crippen molar-refractivity contribution in [3.8, 4) is 0 Å². The van der Waals surface area contributed by atoms with Crippen molar-refractivity contribution in [1.29, 1.82) is 0 Å². The number of nitrogens with zero attached hydrogens (tertiary/aromatic N) is 3. The summed E-state index contributed by atoms with van der Waals surface area (Å²) in [6, 6.07) is 2.76. The number of nitro groups is 1. The Hall–Kier alpha value is -2.77. The van der Waals surface area contributed by atoms with Gasteiger partial charge < -0.3 is 9.88 Å². The lowest BCUT2D eigenvalue weighted by Crippen LogP contribution is -2.14. The third-order valence-electron chi connectivity index (χ3n) is 2.35. The van der Waals surface area contributed by atoms with Crippen LogP contribution in [0.2, 0.25) is 0 Å². The molecule has 0 aliphatic heterocycles. The van der Waals surface area contributed by atoms with Crippen molar-refractivity contribution in [2.75, 3.05) is 5.32 Å². The van der Waals surface area contributed by atoms with E-state index in [-0.39, 0.29) is 11.5 Å². The second-order valence-electron chi connectivity index (χ2n) is 3.80. The number of halogens is 1. The highest BCUT2D eigenvalue weighted by atomic mass is 19.1. The Labute approximate surface area is 106 Å². The van der Waals surface area contributed by atoms with Crippen LogP contribution < -0.4 is 5.32 Å². The van der Waals surface area contributed by atoms with E-state index >= 15 is 0 Å². The third kappa shape index (κ3) is 2.73. The molecule has 0 saturated heterocycles. The molecular formula is C11H9FN4O3. The van der Waals surface area contributed by atoms with E-state index in [0.717, 1.165) is 18.2 Å². The number of hydrogen-bond acceptors (Lipinski definition) is 4. The Balaban J connectivity index is 2.27. The van der Waals surface area contributed by atoms with Crippen molar-refractivity contribution in [2.45, 2.75) is 0 Å². The van der Waals surface area contributed by atoms with Gasteiger partial charge in [-0.15, -0.1) is 0 Å². The second-order valence-corrected chi connectivity index (χ2v) is 3.80. The molecule has 0 bridgehead atoms. The first-order valence-corrected chi connectivity index (χ1v) is 5.20. The molecule has 0 radical (unpaired) electrons. The van der Waals surface area contributed by atoms with Crippen LogP contribution >= 0.6 is 0 Å². The molecule has 0 fully saturated rings. The van der Waals surface area contributed by atoms with E-state index in [2.05, 4.69) is 10.3 Å². The number of benzene rings is 1. The first-order chi connectivity index (χ1) is 8.97. The Morgan fingerprint density at radius 3 is 2.84 bits per heavy atom. The van der Waals surface area contributed by atoms with E-state index < -0.39 is 22.2 Å². The molecule has 0 atom stereocenters. The summed E-state index contributed by atoms with van der Waals surface area (Å²) in [7, 11) is 1.70. The van der Waals surface area contributed by atoms with Crippen molar-refractivity contribution < 1.29 is 14.1 Å². The lowest BCUT2D eigenvalue weighted by molar-refractivity contribution is -0.384. The molecule has 98 valence electrons. The minimum Gasteiger partial charge on any atom is -0.338 e. The summed E-state index contributed by atoms with van der Waals surface area (Å²) in [5, 5.41) is 12.9. The molecule has 1 heterocycles. The van der Waals surface area contributed by atoms with Gasteiger partial charge in [0.1, 0.15) is 5.82 Å². The van der Waals surface area contributed by atoms with Gasteiger partial charge in [-0.1, -0.05) is 0 Å². The van der Waals surface area contributed by atoms with Crippen LogP contribution in [-0.4, -0.2) is 20.4 Å². The average molecular weight is 264 g/mol. The number of rotatable bonds is 3. The number of carbonyl (C=O) groups is 1. The maximum atomic E-state index is 13.5. The summed E-state index contributed by atoms with van der Waals surface area (Å²) in [5.41, 5.74) is -0.757. The smallest absolute Gasteiger partial charge is 0.270 e. The lowest BCUT2D eigenvalue weighted by atomic mass is 10.2. The van der Waals surface area contributed by atoms with E-state index in [1.54, 1.807) is 11.6 Å². The minimum atomic E-state index is -0.834. The number of imidazole rings is 1. The highest BCUT2D eigenvalue weighted by Crippen LogP contribution is 2.17. The van der Waals surface area contributed by atoms with Gasteiger partial charge in [0.15, 0.2) is 5.82 Å². The molecule has 2 aromatic rings. The molecule has 1 N–H and O–H groups in total. The summed E-state index contributed by atoms with van der Waals surface area (Å²) in [6.07, 6.45) is 2.98. The van der Waals surface area contributed by atoms with Gasteiger partial charge in [0.25, 0.3) is 11.6 Å². The summed E-state index contributed by atoms with van der Waals surface area (Å²) < 4.78 is 15.1. The van der Waals surface area contributed by atoms with Gasteiger partial charge in [0.2, 0.25) is 0 Å². The number of aryl methyl sites for hydroxylation is 1. The Morgan fingerprint density at radius 2 is 2.26 bits per heavy atom. The van der Waals surface area contributed by atoms with Crippen molar-refractivity contribution >= 4 is 17.4 Å². The minimum absolute atomic E-state index is 0.235. The van der Waals surface area contributed by atoms with Gasteiger partial charge >= 0.3 is 0 Å². The zero-order chi connectivity index (χ0) is 14.0. The fraction of sp³-hybridized carbons (Fsp3) is 0.0909. The molecule has 0 aliphatic carbocycles. The molecule has 1 amide bonds. The quantitative estimate of drug-likeness (QED) is 0.675. The zero-order valence-electron chi connectivity index (χ0n) is 9.83. The van der Waals surface area contributed by atoms with E-state index in [0.29, 0.717) is 0 Å². The number of nitro benzene ring substituents is 1. The van der Waals surface area contributed by atoms with Gasteiger partial charge in [-0.25, -0.2) is 9.37 Å². The first-order valence-electron chi connectivity index (χ1n) is 5.20. The fourth-order valence-corrected chi connectivity index (χ4v) is 1.46. The van der Waals surface area contributed by atoms with Crippen molar-refractivity contribution in [3.63, 3.8) is 0 Å². The Morgan fingerprint density at radius 1 is 1.53 bits per heavy atom. The molecule has 1 aromatic heterocycles. The molecule has 8 heteroatoms. The fourth-order valence-electron chi connectivity index (χ4n) is 1.46. The largest absolute Gasteiger partial charge is 0.338 e. The van der Waals surface area contributed by atoms with E-state index in [4.69, 9.17) is 0 Å². The maximum absolute atomic E-state index is 13.5. The van der Waals surface area contributed by atoms with Crippen molar-refractivity contribution in [1.82, 2.24) is 9.55 Å². The normalized spacial score (nSPS) is 10.2. The van der Waals surface area contributed by atoms with Crippen LogP contribution in [0.15, 0.2) is 30.7 Å². The van der Waals surface area contributed by atoms with E-state index in [1.165, 1.54) is 12.5 Å². The Kier molecular flexibility index (Phi) is 3.23. The molecule has 0 spiro atoms. The second kappa shape index (κ2) is 4.84. The highest BCUT2D eigenvalue weighted by Gasteiger charge is 2.17. The van der Waals surface area contributed by atoms with Crippen LogP contribution in [0.4, 0.5) is 15.9 Å². The summed E-state index contributed by atoms with van der Waals surface area (Å²) in [6.45, 7) is 0. The van der Waals surface area contributed by atoms with Crippen LogP contribution in [0, 0.1) is 15.9 Å². The zero-order valence-corrected chi connectivity index (χ0v) is 9.83. The SMILES string of the molecule is Cn1cnc(NC(=O)c2cc([N+](=O)[O-])ccc2F)c1. The number of carbonyl (C=O) groups excluding carboxylic acids is 1. The molecule has 0 aliphatic rings. The van der Waals surface area contributed by atoms with Crippen LogP contribution in [0.5, 0.6) is 0 Å². The van der Waals surface area contributed by atoms with Crippen LogP contribution in [0.1, 0.15) is 10.4 Å². The van der Waals surface area contributed by atoms with Gasteiger partial charge in [-0.3, -0.25) is 14.9 Å². The highest BCUT2D eigenvalue weighted by molar-refractivity contribution is 6.04. The third-order valence-corrected chi connectivity index (χ3v) is 2.35. The first kappa shape index (κ1) is 12.7. The molecular weight excluding hydrogens is 255 g/mol. The van der Waals surface area contributed by atoms with Gasteiger partial charge in [0.05, 0.1) is 16.8 Å². The van der Waals surface area contributed by atoms with Gasteiger partial charge in [0, 0.05) is 25.4 Å². The predicted octanol–water partition coefficient (Wildman–Crippen LogP) is 1.72. The monoisotopic (exact) mass is 264 g/mol. The van der Waals surface area contributed by atoms with Crippen LogP contribution in [-0.2, 0) is 7.05 Å². The standard InChI is InChI=1S/C11H9FN4O3/c1-15-5-10(13-6-15)14-11(17)8-4-7(16(18)19)2-3-9(8)12/h2-6H,1H3,(H,14,17). The number of anilines is 1. The lowest BCUT2D eigenvalue weighted by Gasteiger charge is -2.03. The number of aromatic nitrogens is 2. The van der Waals surface area contributed by atoms with Crippen LogP contribution in [0.3, 0.4) is 0 Å². The summed E-state index contributed by atoms with van der Waals surface area (Å²) >= 11 is 0. The molecule has 7 nitrogen and oxygen atoms in total. The van der Waals surface area contributed by atoms with E-state index in [9.17, 15) is 19.3 Å². The molecule has 19 heavy (non-hydrogen) atoms. The maximum Gasteiger partial charge on any atom is 0.270 e. The number of hydrogen-bond donors (Lipinski definition) is 1. The van der Waals surface area contributed by atoms with Crippen molar-refractivity contribution in [2.24, 2.45) is 7.05 Å². The number of non-ortho nitro benzene ring substituents is 1. The average Bonchev–Trinajstić information content (AvgIpc) is 2.74. The Bertz CT molecular complexity index is 653. The molecule has 2 rings (SSSR count). The summed E-state index contributed by atoms with van der Waals surface area (Å²) in [5.74, 6) is -1.39. The number of nitrogens with one attached hydrogen (secondary N) is 1. The van der Waals surface area contributed by atoms with Crippen LogP contribution in [0.25, 0.3) is 0 Å². The summed E-state index contributed by atoms with van der Waals surface area (Å²) in [4.78, 5) is 25.5. The number of amides is 1. The molecule has 1 aromatic carbocycles. The topological polar surface area (TPSA) is 90.1 Å². The predicted molar refractivity (Wildman–Crippen MR) is 64.2 cm³/mol. The van der Waals surface area contributed by atoms with Gasteiger partial charge in [-0.05, 0) is 6.07 Å².